The van der Waals surface area contributed by atoms with Gasteiger partial charge < -0.3 is 24.9 Å². The predicted octanol–water partition coefficient (Wildman–Crippen LogP) is 1.20. The molecule has 2 atom stereocenters. The lowest BCUT2D eigenvalue weighted by Crippen LogP contribution is -2.40. The summed E-state index contributed by atoms with van der Waals surface area (Å²) in [5.41, 5.74) is 2.21. The van der Waals surface area contributed by atoms with Gasteiger partial charge >= 0.3 is 0 Å². The minimum absolute atomic E-state index is 0.138. The van der Waals surface area contributed by atoms with Crippen molar-refractivity contribution in [3.8, 4) is 0 Å². The van der Waals surface area contributed by atoms with E-state index in [0.29, 0.717) is 5.92 Å². The number of nitrogens with zero attached hydrogens (tertiary/aromatic N) is 5. The zero-order valence-electron chi connectivity index (χ0n) is 17.3. The number of hydrogen-bond acceptors (Lipinski definition) is 7. The van der Waals surface area contributed by atoms with Gasteiger partial charge in [0.1, 0.15) is 5.82 Å². The lowest BCUT2D eigenvalue weighted by molar-refractivity contribution is 0.0687. The molecule has 0 saturated carbocycles. The van der Waals surface area contributed by atoms with E-state index < -0.39 is 0 Å². The molecule has 156 valence electrons. The van der Waals surface area contributed by atoms with Crippen molar-refractivity contribution in [2.75, 3.05) is 62.2 Å². The third-order valence-corrected chi connectivity index (χ3v) is 6.90. The lowest BCUT2D eigenvalue weighted by Gasteiger charge is -2.32. The third-order valence-electron chi connectivity index (χ3n) is 6.90. The van der Waals surface area contributed by atoms with Crippen LogP contribution in [-0.2, 0) is 0 Å². The smallest absolute Gasteiger partial charge is 0.227 e. The molecule has 3 aliphatic rings. The molecule has 0 spiro atoms. The highest BCUT2D eigenvalue weighted by Gasteiger charge is 2.36. The SMILES string of the molecule is Cc1nc(N2CCCC2)nc(N2C[C@@H](CN3CCC(O)CC3)[C@@H](CO)C2)c1C. The number of likely N-dealkylation sites (tertiary alicyclic amines) is 1. The van der Waals surface area contributed by atoms with Crippen LogP contribution in [0.3, 0.4) is 0 Å². The van der Waals surface area contributed by atoms with Gasteiger partial charge in [0.15, 0.2) is 0 Å². The van der Waals surface area contributed by atoms with E-state index in [9.17, 15) is 10.2 Å². The lowest BCUT2D eigenvalue weighted by atomic mass is 9.95. The molecule has 3 fully saturated rings. The first-order valence-electron chi connectivity index (χ1n) is 10.9. The molecule has 0 bridgehead atoms. The Hall–Kier alpha value is -1.44. The number of piperidine rings is 1. The second kappa shape index (κ2) is 8.51. The van der Waals surface area contributed by atoms with Crippen LogP contribution in [0.4, 0.5) is 11.8 Å². The Morgan fingerprint density at radius 1 is 0.929 bits per heavy atom. The second-order valence-electron chi connectivity index (χ2n) is 8.89. The topological polar surface area (TPSA) is 76.0 Å². The molecule has 0 aliphatic carbocycles. The quantitative estimate of drug-likeness (QED) is 0.783. The van der Waals surface area contributed by atoms with Gasteiger partial charge in [0.25, 0.3) is 0 Å². The van der Waals surface area contributed by atoms with Crippen molar-refractivity contribution in [2.45, 2.75) is 45.6 Å². The number of aryl methyl sites for hydroxylation is 1. The van der Waals surface area contributed by atoms with Crippen molar-refractivity contribution < 1.29 is 10.2 Å². The van der Waals surface area contributed by atoms with Crippen molar-refractivity contribution in [2.24, 2.45) is 11.8 Å². The highest BCUT2D eigenvalue weighted by Crippen LogP contribution is 2.32. The van der Waals surface area contributed by atoms with E-state index in [-0.39, 0.29) is 18.6 Å². The summed E-state index contributed by atoms with van der Waals surface area (Å²) in [7, 11) is 0. The van der Waals surface area contributed by atoms with Gasteiger partial charge in [-0.3, -0.25) is 0 Å². The first-order chi connectivity index (χ1) is 13.5. The summed E-state index contributed by atoms with van der Waals surface area (Å²) in [5.74, 6) is 2.62. The van der Waals surface area contributed by atoms with E-state index in [1.807, 2.05) is 0 Å². The van der Waals surface area contributed by atoms with Crippen molar-refractivity contribution in [3.63, 3.8) is 0 Å². The van der Waals surface area contributed by atoms with E-state index in [0.717, 1.165) is 81.7 Å². The highest BCUT2D eigenvalue weighted by molar-refractivity contribution is 5.53. The molecule has 0 aromatic carbocycles. The largest absolute Gasteiger partial charge is 0.396 e. The summed E-state index contributed by atoms with van der Waals surface area (Å²) in [6.07, 6.45) is 4.02. The zero-order valence-corrected chi connectivity index (χ0v) is 17.3. The van der Waals surface area contributed by atoms with Gasteiger partial charge in [-0.25, -0.2) is 4.98 Å². The standard InChI is InChI=1S/C21H35N5O2/c1-15-16(2)22-21(25-7-3-4-8-25)23-20(15)26-12-17(18(13-26)14-27)11-24-9-5-19(28)6-10-24/h17-19,27-28H,3-14H2,1-2H3/t17-,18-/m1/s1. The maximum atomic E-state index is 10.00. The van der Waals surface area contributed by atoms with Crippen molar-refractivity contribution in [1.82, 2.24) is 14.9 Å². The summed E-state index contributed by atoms with van der Waals surface area (Å²) < 4.78 is 0. The highest BCUT2D eigenvalue weighted by atomic mass is 16.3. The molecule has 1 aromatic rings. The van der Waals surface area contributed by atoms with Gasteiger partial charge in [-0.05, 0) is 45.4 Å². The Balaban J connectivity index is 1.49. The van der Waals surface area contributed by atoms with Crippen LogP contribution in [0.1, 0.15) is 36.9 Å². The number of hydrogen-bond donors (Lipinski definition) is 2. The van der Waals surface area contributed by atoms with Gasteiger partial charge in [-0.2, -0.15) is 4.98 Å². The number of aromatic nitrogens is 2. The summed E-state index contributed by atoms with van der Waals surface area (Å²) in [5, 5.41) is 19.8. The van der Waals surface area contributed by atoms with Crippen LogP contribution in [0, 0.1) is 25.7 Å². The molecule has 4 rings (SSSR count). The Morgan fingerprint density at radius 3 is 2.29 bits per heavy atom. The maximum absolute atomic E-state index is 10.00. The van der Waals surface area contributed by atoms with Crippen molar-refractivity contribution in [3.05, 3.63) is 11.3 Å². The molecule has 2 N–H and O–H groups in total. The van der Waals surface area contributed by atoms with Crippen LogP contribution in [0.15, 0.2) is 0 Å². The summed E-state index contributed by atoms with van der Waals surface area (Å²) in [6, 6.07) is 0. The number of anilines is 2. The Labute approximate surface area is 168 Å². The molecule has 3 aliphatic heterocycles. The van der Waals surface area contributed by atoms with Gasteiger partial charge in [-0.1, -0.05) is 0 Å². The van der Waals surface area contributed by atoms with E-state index in [4.69, 9.17) is 9.97 Å². The molecular formula is C21H35N5O2. The van der Waals surface area contributed by atoms with E-state index in [2.05, 4.69) is 28.5 Å². The zero-order chi connectivity index (χ0) is 19.7. The first-order valence-corrected chi connectivity index (χ1v) is 10.9. The number of rotatable bonds is 5. The van der Waals surface area contributed by atoms with Crippen molar-refractivity contribution in [1.29, 1.82) is 0 Å². The fourth-order valence-electron chi connectivity index (χ4n) is 4.92. The molecule has 7 nitrogen and oxygen atoms in total. The molecule has 0 radical (unpaired) electrons. The van der Waals surface area contributed by atoms with E-state index in [1.54, 1.807) is 0 Å². The van der Waals surface area contributed by atoms with Gasteiger partial charge in [0.2, 0.25) is 5.95 Å². The molecule has 1 aromatic heterocycles. The molecule has 7 heteroatoms. The van der Waals surface area contributed by atoms with Gasteiger partial charge in [-0.15, -0.1) is 0 Å². The van der Waals surface area contributed by atoms with Crippen LogP contribution >= 0.6 is 0 Å². The fraction of sp³-hybridized carbons (Fsp3) is 0.810. The van der Waals surface area contributed by atoms with Gasteiger partial charge in [0, 0.05) is 69.6 Å². The Morgan fingerprint density at radius 2 is 1.61 bits per heavy atom. The number of aliphatic hydroxyl groups excluding tert-OH is 2. The minimum Gasteiger partial charge on any atom is -0.396 e. The summed E-state index contributed by atoms with van der Waals surface area (Å²) in [6.45, 7) is 11.2. The van der Waals surface area contributed by atoms with Crippen molar-refractivity contribution >= 4 is 11.8 Å². The minimum atomic E-state index is -0.138. The number of aliphatic hydroxyl groups is 2. The normalized spacial score (nSPS) is 27.1. The summed E-state index contributed by atoms with van der Waals surface area (Å²) in [4.78, 5) is 16.8. The Kier molecular flexibility index (Phi) is 6.04. The second-order valence-corrected chi connectivity index (χ2v) is 8.89. The maximum Gasteiger partial charge on any atom is 0.227 e. The fourth-order valence-corrected chi connectivity index (χ4v) is 4.92. The molecule has 28 heavy (non-hydrogen) atoms. The first kappa shape index (κ1) is 19.9. The molecule has 0 amide bonds. The van der Waals surface area contributed by atoms with Crippen LogP contribution in [0.2, 0.25) is 0 Å². The Bertz CT molecular complexity index is 671. The molecule has 0 unspecified atom stereocenters. The van der Waals surface area contributed by atoms with Crippen LogP contribution in [0.25, 0.3) is 0 Å². The average Bonchev–Trinajstić information content (AvgIpc) is 3.36. The molecule has 3 saturated heterocycles. The monoisotopic (exact) mass is 389 g/mol. The van der Waals surface area contributed by atoms with E-state index in [1.165, 1.54) is 12.8 Å². The molecular weight excluding hydrogens is 354 g/mol. The van der Waals surface area contributed by atoms with E-state index >= 15 is 0 Å². The average molecular weight is 390 g/mol. The van der Waals surface area contributed by atoms with Crippen LogP contribution in [0.5, 0.6) is 0 Å². The predicted molar refractivity (Wildman–Crippen MR) is 111 cm³/mol. The third kappa shape index (κ3) is 4.11. The summed E-state index contributed by atoms with van der Waals surface area (Å²) >= 11 is 0. The molecule has 4 heterocycles. The van der Waals surface area contributed by atoms with Crippen LogP contribution in [-0.4, -0.2) is 83.6 Å². The van der Waals surface area contributed by atoms with Gasteiger partial charge in [0.05, 0.1) is 6.10 Å². The van der Waals surface area contributed by atoms with Crippen LogP contribution < -0.4 is 9.80 Å².